The molecule has 0 bridgehead atoms. The normalized spacial score (nSPS) is 16.2. The summed E-state index contributed by atoms with van der Waals surface area (Å²) in [6.07, 6.45) is 11.0. The van der Waals surface area contributed by atoms with Crippen molar-refractivity contribution < 1.29 is 0 Å². The second-order valence-electron chi connectivity index (χ2n) is 3.67. The molecule has 1 aromatic rings. The van der Waals surface area contributed by atoms with Crippen molar-refractivity contribution in [2.45, 2.75) is 25.3 Å². The Morgan fingerprint density at radius 3 is 3.14 bits per heavy atom. The van der Waals surface area contributed by atoms with Crippen LogP contribution >= 0.6 is 0 Å². The number of rotatable bonds is 4. The highest BCUT2D eigenvalue weighted by molar-refractivity contribution is 5.11. The number of nitrogens with one attached hydrogen (secondary N) is 1. The second-order valence-corrected chi connectivity index (χ2v) is 3.67. The first-order valence-corrected chi connectivity index (χ1v) is 5.06. The van der Waals surface area contributed by atoms with Gasteiger partial charge in [0.05, 0.1) is 6.33 Å². The van der Waals surface area contributed by atoms with E-state index in [1.807, 2.05) is 12.5 Å². The lowest BCUT2D eigenvalue weighted by Crippen LogP contribution is -2.40. The predicted molar refractivity (Wildman–Crippen MR) is 55.9 cm³/mol. The summed E-state index contributed by atoms with van der Waals surface area (Å²) in [6, 6.07) is 0. The number of unbranched alkanes of at least 4 members (excludes halogenated alkanes) is 1. The molecule has 1 aromatic heterocycles. The number of aryl methyl sites for hydroxylation is 1. The Bertz CT molecular complexity index is 331. The molecule has 0 unspecified atom stereocenters. The van der Waals surface area contributed by atoms with Gasteiger partial charge >= 0.3 is 0 Å². The molecule has 0 saturated carbocycles. The van der Waals surface area contributed by atoms with E-state index in [9.17, 15) is 0 Å². The minimum absolute atomic E-state index is 0.656. The summed E-state index contributed by atoms with van der Waals surface area (Å²) in [5.74, 6) is 3.32. The highest BCUT2D eigenvalue weighted by Gasteiger charge is 2.21. The van der Waals surface area contributed by atoms with Gasteiger partial charge < -0.3 is 9.88 Å². The molecule has 74 valence electrons. The number of hydrogen-bond donors (Lipinski definition) is 1. The molecule has 1 fully saturated rings. The quantitative estimate of drug-likeness (QED) is 0.565. The Labute approximate surface area is 84.5 Å². The number of nitrogens with zero attached hydrogens (tertiary/aromatic N) is 2. The van der Waals surface area contributed by atoms with Gasteiger partial charge in [-0.15, -0.1) is 12.3 Å². The smallest absolute Gasteiger partial charge is 0.0948 e. The molecule has 3 heteroatoms. The lowest BCUT2D eigenvalue weighted by molar-refractivity contribution is 0.422. The van der Waals surface area contributed by atoms with E-state index in [0.717, 1.165) is 32.5 Å². The standard InChI is InChI=1S/C11H15N3/c1-2-3-4-5-14-9-13-8-11(14)10-6-12-7-10/h1,8-10,12H,3-7H2. The fraction of sp³-hybridized carbons (Fsp3) is 0.545. The molecule has 0 aromatic carbocycles. The third-order valence-corrected chi connectivity index (χ3v) is 2.66. The Kier molecular flexibility index (Phi) is 2.85. The Balaban J connectivity index is 1.95. The SMILES string of the molecule is C#CCCCn1cncc1C1CNC1. The van der Waals surface area contributed by atoms with Gasteiger partial charge in [-0.3, -0.25) is 0 Å². The van der Waals surface area contributed by atoms with Crippen LogP contribution in [0.15, 0.2) is 12.5 Å². The Hall–Kier alpha value is -1.27. The molecule has 14 heavy (non-hydrogen) atoms. The molecule has 0 atom stereocenters. The molecule has 0 spiro atoms. The largest absolute Gasteiger partial charge is 0.334 e. The van der Waals surface area contributed by atoms with Crippen LogP contribution in [0.25, 0.3) is 0 Å². The fourth-order valence-electron chi connectivity index (χ4n) is 1.71. The molecule has 0 radical (unpaired) electrons. The first-order valence-electron chi connectivity index (χ1n) is 5.06. The summed E-state index contributed by atoms with van der Waals surface area (Å²) in [4.78, 5) is 4.19. The minimum atomic E-state index is 0.656. The highest BCUT2D eigenvalue weighted by Crippen LogP contribution is 2.19. The lowest BCUT2D eigenvalue weighted by Gasteiger charge is -2.27. The van der Waals surface area contributed by atoms with Gasteiger partial charge in [0, 0.05) is 43.9 Å². The van der Waals surface area contributed by atoms with Gasteiger partial charge in [-0.1, -0.05) is 0 Å². The molecular formula is C11H15N3. The number of hydrogen-bond acceptors (Lipinski definition) is 2. The van der Waals surface area contributed by atoms with E-state index >= 15 is 0 Å². The van der Waals surface area contributed by atoms with Gasteiger partial charge in [-0.05, 0) is 6.42 Å². The zero-order valence-electron chi connectivity index (χ0n) is 8.24. The van der Waals surface area contributed by atoms with Gasteiger partial charge in [0.15, 0.2) is 0 Å². The monoisotopic (exact) mass is 189 g/mol. The summed E-state index contributed by atoms with van der Waals surface area (Å²) >= 11 is 0. The molecule has 0 aliphatic carbocycles. The van der Waals surface area contributed by atoms with Crippen molar-refractivity contribution in [3.05, 3.63) is 18.2 Å². The Morgan fingerprint density at radius 1 is 1.64 bits per heavy atom. The van der Waals surface area contributed by atoms with Crippen LogP contribution in [0.4, 0.5) is 0 Å². The van der Waals surface area contributed by atoms with Gasteiger partial charge in [-0.2, -0.15) is 0 Å². The van der Waals surface area contributed by atoms with Crippen molar-refractivity contribution in [1.29, 1.82) is 0 Å². The maximum absolute atomic E-state index is 5.22. The molecule has 1 saturated heterocycles. The van der Waals surface area contributed by atoms with Gasteiger partial charge in [-0.25, -0.2) is 4.98 Å². The topological polar surface area (TPSA) is 29.9 Å². The summed E-state index contributed by atoms with van der Waals surface area (Å²) in [6.45, 7) is 3.16. The average molecular weight is 189 g/mol. The summed E-state index contributed by atoms with van der Waals surface area (Å²) in [5, 5.41) is 3.27. The van der Waals surface area contributed by atoms with E-state index in [1.54, 1.807) is 0 Å². The fourth-order valence-corrected chi connectivity index (χ4v) is 1.71. The number of imidazole rings is 1. The highest BCUT2D eigenvalue weighted by atomic mass is 15.1. The number of aromatic nitrogens is 2. The zero-order chi connectivity index (χ0) is 9.80. The first kappa shape index (κ1) is 9.29. The molecule has 1 aliphatic heterocycles. The molecule has 2 heterocycles. The summed E-state index contributed by atoms with van der Waals surface area (Å²) in [7, 11) is 0. The van der Waals surface area contributed by atoms with Crippen molar-refractivity contribution in [3.63, 3.8) is 0 Å². The van der Waals surface area contributed by atoms with Crippen molar-refractivity contribution in [1.82, 2.24) is 14.9 Å². The van der Waals surface area contributed by atoms with E-state index < -0.39 is 0 Å². The Morgan fingerprint density at radius 2 is 2.50 bits per heavy atom. The molecule has 1 aliphatic rings. The molecule has 3 nitrogen and oxygen atoms in total. The van der Waals surface area contributed by atoms with Crippen LogP contribution in [0.2, 0.25) is 0 Å². The van der Waals surface area contributed by atoms with Gasteiger partial charge in [0.2, 0.25) is 0 Å². The van der Waals surface area contributed by atoms with Crippen molar-refractivity contribution in [2.24, 2.45) is 0 Å². The second kappa shape index (κ2) is 4.30. The maximum atomic E-state index is 5.22. The third-order valence-electron chi connectivity index (χ3n) is 2.66. The van der Waals surface area contributed by atoms with Crippen molar-refractivity contribution in [3.8, 4) is 12.3 Å². The average Bonchev–Trinajstić information content (AvgIpc) is 2.51. The van der Waals surface area contributed by atoms with Crippen LogP contribution in [-0.2, 0) is 6.54 Å². The van der Waals surface area contributed by atoms with E-state index in [-0.39, 0.29) is 0 Å². The zero-order valence-corrected chi connectivity index (χ0v) is 8.24. The lowest BCUT2D eigenvalue weighted by atomic mass is 10.00. The molecule has 2 rings (SSSR count). The third kappa shape index (κ3) is 1.80. The van der Waals surface area contributed by atoms with Gasteiger partial charge in [0.25, 0.3) is 0 Å². The van der Waals surface area contributed by atoms with Crippen LogP contribution in [0.3, 0.4) is 0 Å². The maximum Gasteiger partial charge on any atom is 0.0948 e. The molecule has 0 amide bonds. The number of terminal acetylenes is 1. The van der Waals surface area contributed by atoms with E-state index in [1.165, 1.54) is 5.69 Å². The predicted octanol–water partition coefficient (Wildman–Crippen LogP) is 0.983. The van der Waals surface area contributed by atoms with Crippen molar-refractivity contribution >= 4 is 0 Å². The van der Waals surface area contributed by atoms with Crippen molar-refractivity contribution in [2.75, 3.05) is 13.1 Å². The van der Waals surface area contributed by atoms with E-state index in [0.29, 0.717) is 5.92 Å². The van der Waals surface area contributed by atoms with E-state index in [2.05, 4.69) is 20.8 Å². The van der Waals surface area contributed by atoms with Crippen LogP contribution in [-0.4, -0.2) is 22.6 Å². The van der Waals surface area contributed by atoms with Crippen LogP contribution in [0, 0.1) is 12.3 Å². The summed E-state index contributed by atoms with van der Waals surface area (Å²) < 4.78 is 2.23. The van der Waals surface area contributed by atoms with Gasteiger partial charge in [0.1, 0.15) is 0 Å². The van der Waals surface area contributed by atoms with E-state index in [4.69, 9.17) is 6.42 Å². The summed E-state index contributed by atoms with van der Waals surface area (Å²) in [5.41, 5.74) is 1.35. The molecular weight excluding hydrogens is 174 g/mol. The minimum Gasteiger partial charge on any atom is -0.334 e. The first-order chi connectivity index (χ1) is 6.92. The van der Waals surface area contributed by atoms with Crippen LogP contribution < -0.4 is 5.32 Å². The van der Waals surface area contributed by atoms with Crippen LogP contribution in [0.5, 0.6) is 0 Å². The van der Waals surface area contributed by atoms with Crippen LogP contribution in [0.1, 0.15) is 24.5 Å². The molecule has 1 N–H and O–H groups in total.